The summed E-state index contributed by atoms with van der Waals surface area (Å²) in [6.07, 6.45) is 1.41. The minimum atomic E-state index is -0.162. The maximum Gasteiger partial charge on any atom is 0.0992 e. The van der Waals surface area contributed by atoms with E-state index in [-0.39, 0.29) is 6.10 Å². The molecule has 0 saturated heterocycles. The maximum atomic E-state index is 9.15. The molecule has 0 radical (unpaired) electrons. The van der Waals surface area contributed by atoms with E-state index in [2.05, 4.69) is 27.3 Å². The third kappa shape index (κ3) is 2.49. The van der Waals surface area contributed by atoms with Crippen LogP contribution in [0.3, 0.4) is 0 Å². The number of nitrogens with zero attached hydrogens (tertiary/aromatic N) is 1. The van der Waals surface area contributed by atoms with E-state index in [0.717, 1.165) is 23.0 Å². The fourth-order valence-electron chi connectivity index (χ4n) is 1.68. The summed E-state index contributed by atoms with van der Waals surface area (Å²) < 4.78 is 0.893. The lowest BCUT2D eigenvalue weighted by Gasteiger charge is -2.32. The van der Waals surface area contributed by atoms with Gasteiger partial charge in [0.25, 0.3) is 0 Å². The quantitative estimate of drug-likeness (QED) is 0.864. The van der Waals surface area contributed by atoms with E-state index in [1.165, 1.54) is 0 Å². The first-order chi connectivity index (χ1) is 7.17. The highest BCUT2D eigenvalue weighted by Crippen LogP contribution is 2.26. The third-order valence-electron chi connectivity index (χ3n) is 2.51. The molecule has 0 aliphatic heterocycles. The molecule has 2 rings (SSSR count). The summed E-state index contributed by atoms with van der Waals surface area (Å²) in [6.45, 7) is 0. The topological polar surface area (TPSA) is 56.0 Å². The fourth-order valence-corrected chi connectivity index (χ4v) is 2.17. The van der Waals surface area contributed by atoms with Gasteiger partial charge in [-0.3, -0.25) is 0 Å². The van der Waals surface area contributed by atoms with Crippen molar-refractivity contribution in [2.24, 2.45) is 0 Å². The largest absolute Gasteiger partial charge is 0.393 e. The van der Waals surface area contributed by atoms with Crippen LogP contribution in [0.4, 0.5) is 5.69 Å². The molecule has 0 heterocycles. The molecule has 0 unspecified atom stereocenters. The van der Waals surface area contributed by atoms with Crippen LogP contribution < -0.4 is 5.32 Å². The van der Waals surface area contributed by atoms with Crippen LogP contribution in [0.5, 0.6) is 0 Å². The summed E-state index contributed by atoms with van der Waals surface area (Å²) in [5, 5.41) is 21.2. The second kappa shape index (κ2) is 4.21. The molecule has 15 heavy (non-hydrogen) atoms. The van der Waals surface area contributed by atoms with E-state index in [4.69, 9.17) is 10.4 Å². The van der Waals surface area contributed by atoms with E-state index in [1.54, 1.807) is 6.07 Å². The minimum absolute atomic E-state index is 0.162. The Kier molecular flexibility index (Phi) is 2.94. The summed E-state index contributed by atoms with van der Waals surface area (Å²) in [6, 6.07) is 7.97. The zero-order valence-corrected chi connectivity index (χ0v) is 9.66. The zero-order valence-electron chi connectivity index (χ0n) is 8.07. The maximum absolute atomic E-state index is 9.15. The van der Waals surface area contributed by atoms with Gasteiger partial charge in [0, 0.05) is 16.2 Å². The molecule has 0 spiro atoms. The highest BCUT2D eigenvalue weighted by molar-refractivity contribution is 9.10. The molecule has 0 atom stereocenters. The van der Waals surface area contributed by atoms with Crippen LogP contribution in [-0.4, -0.2) is 17.3 Å². The van der Waals surface area contributed by atoms with Gasteiger partial charge < -0.3 is 10.4 Å². The van der Waals surface area contributed by atoms with E-state index in [0.29, 0.717) is 11.6 Å². The van der Waals surface area contributed by atoms with Crippen molar-refractivity contribution in [3.63, 3.8) is 0 Å². The summed E-state index contributed by atoms with van der Waals surface area (Å²) in [5.74, 6) is 0. The number of aliphatic hydroxyl groups is 1. The van der Waals surface area contributed by atoms with Crippen LogP contribution in [0.25, 0.3) is 0 Å². The summed E-state index contributed by atoms with van der Waals surface area (Å²) >= 11 is 3.36. The molecular formula is C11H11BrN2O. The number of nitrogens with one attached hydrogen (secondary N) is 1. The molecule has 1 aliphatic rings. The monoisotopic (exact) mass is 266 g/mol. The molecule has 2 N–H and O–H groups in total. The molecule has 4 heteroatoms. The average molecular weight is 267 g/mol. The lowest BCUT2D eigenvalue weighted by molar-refractivity contribution is 0.0836. The number of benzene rings is 1. The second-order valence-electron chi connectivity index (χ2n) is 3.81. The van der Waals surface area contributed by atoms with E-state index in [9.17, 15) is 0 Å². The van der Waals surface area contributed by atoms with Gasteiger partial charge in [-0.1, -0.05) is 15.9 Å². The van der Waals surface area contributed by atoms with Gasteiger partial charge in [-0.2, -0.15) is 5.26 Å². The molecule has 1 fully saturated rings. The second-order valence-corrected chi connectivity index (χ2v) is 4.72. The Bertz CT molecular complexity index is 408. The first-order valence-electron chi connectivity index (χ1n) is 4.82. The normalized spacial score (nSPS) is 24.1. The fraction of sp³-hybridized carbons (Fsp3) is 0.364. The van der Waals surface area contributed by atoms with E-state index >= 15 is 0 Å². The summed E-state index contributed by atoms with van der Waals surface area (Å²) in [5.41, 5.74) is 1.56. The number of hydrogen-bond acceptors (Lipinski definition) is 3. The molecule has 0 aromatic heterocycles. The minimum Gasteiger partial charge on any atom is -0.393 e. The Hall–Kier alpha value is -1.05. The highest BCUT2D eigenvalue weighted by Gasteiger charge is 2.26. The number of aliphatic hydroxyl groups excluding tert-OH is 1. The molecular weight excluding hydrogens is 256 g/mol. The first kappa shape index (κ1) is 10.5. The third-order valence-corrected chi connectivity index (χ3v) is 2.97. The van der Waals surface area contributed by atoms with Crippen molar-refractivity contribution in [2.45, 2.75) is 25.0 Å². The average Bonchev–Trinajstić information content (AvgIpc) is 2.14. The lowest BCUT2D eigenvalue weighted by Crippen LogP contribution is -2.38. The number of halogens is 1. The molecule has 3 nitrogen and oxygen atoms in total. The zero-order chi connectivity index (χ0) is 10.8. The molecule has 78 valence electrons. The van der Waals surface area contributed by atoms with Crippen molar-refractivity contribution in [3.05, 3.63) is 28.2 Å². The van der Waals surface area contributed by atoms with Gasteiger partial charge in [0.1, 0.15) is 0 Å². The van der Waals surface area contributed by atoms with Gasteiger partial charge in [0.2, 0.25) is 0 Å². The first-order valence-corrected chi connectivity index (χ1v) is 5.62. The van der Waals surface area contributed by atoms with Crippen molar-refractivity contribution in [3.8, 4) is 6.07 Å². The Morgan fingerprint density at radius 3 is 2.73 bits per heavy atom. The van der Waals surface area contributed by atoms with E-state index < -0.39 is 0 Å². The highest BCUT2D eigenvalue weighted by atomic mass is 79.9. The predicted molar refractivity (Wildman–Crippen MR) is 61.5 cm³/mol. The van der Waals surface area contributed by atoms with Crippen molar-refractivity contribution < 1.29 is 5.11 Å². The van der Waals surface area contributed by atoms with E-state index in [1.807, 2.05) is 12.1 Å². The Morgan fingerprint density at radius 1 is 1.40 bits per heavy atom. The summed E-state index contributed by atoms with van der Waals surface area (Å²) in [7, 11) is 0. The van der Waals surface area contributed by atoms with Crippen LogP contribution in [0.2, 0.25) is 0 Å². The van der Waals surface area contributed by atoms with Gasteiger partial charge in [0.15, 0.2) is 0 Å². The van der Waals surface area contributed by atoms with Crippen LogP contribution in [0.15, 0.2) is 22.7 Å². The molecule has 0 amide bonds. The van der Waals surface area contributed by atoms with Gasteiger partial charge in [-0.05, 0) is 31.0 Å². The van der Waals surface area contributed by atoms with Crippen molar-refractivity contribution >= 4 is 21.6 Å². The predicted octanol–water partition coefficient (Wildman–Crippen LogP) is 2.26. The van der Waals surface area contributed by atoms with Gasteiger partial charge in [-0.25, -0.2) is 0 Å². The van der Waals surface area contributed by atoms with Gasteiger partial charge in [-0.15, -0.1) is 0 Å². The molecule has 1 aromatic rings. The molecule has 1 aliphatic carbocycles. The molecule has 0 bridgehead atoms. The van der Waals surface area contributed by atoms with Gasteiger partial charge in [0.05, 0.1) is 17.7 Å². The van der Waals surface area contributed by atoms with Gasteiger partial charge >= 0.3 is 0 Å². The Balaban J connectivity index is 2.08. The Labute approximate surface area is 96.9 Å². The SMILES string of the molecule is N#Cc1cc(Br)cc(NC2CC(O)C2)c1. The van der Waals surface area contributed by atoms with Crippen LogP contribution in [-0.2, 0) is 0 Å². The number of hydrogen-bond donors (Lipinski definition) is 2. The smallest absolute Gasteiger partial charge is 0.0992 e. The number of anilines is 1. The molecule has 1 aromatic carbocycles. The van der Waals surface area contributed by atoms with Crippen molar-refractivity contribution in [1.82, 2.24) is 0 Å². The molecule has 1 saturated carbocycles. The van der Waals surface area contributed by atoms with Crippen LogP contribution in [0, 0.1) is 11.3 Å². The number of nitriles is 1. The standard InChI is InChI=1S/C11H11BrN2O/c12-8-1-7(6-13)2-9(3-8)14-10-4-11(15)5-10/h1-3,10-11,14-15H,4-5H2. The van der Waals surface area contributed by atoms with Crippen molar-refractivity contribution in [2.75, 3.05) is 5.32 Å². The lowest BCUT2D eigenvalue weighted by atomic mass is 9.89. The van der Waals surface area contributed by atoms with Crippen molar-refractivity contribution in [1.29, 1.82) is 5.26 Å². The Morgan fingerprint density at radius 2 is 2.13 bits per heavy atom. The van der Waals surface area contributed by atoms with Crippen LogP contribution >= 0.6 is 15.9 Å². The number of rotatable bonds is 2. The van der Waals surface area contributed by atoms with Crippen LogP contribution in [0.1, 0.15) is 18.4 Å². The summed E-state index contributed by atoms with van der Waals surface area (Å²) in [4.78, 5) is 0.